The first-order chi connectivity index (χ1) is 9.21. The van der Waals surface area contributed by atoms with Crippen molar-refractivity contribution in [1.82, 2.24) is 14.9 Å². The van der Waals surface area contributed by atoms with Gasteiger partial charge in [-0.2, -0.15) is 11.8 Å². The van der Waals surface area contributed by atoms with Gasteiger partial charge >= 0.3 is 0 Å². The molecule has 1 aromatic heterocycles. The minimum absolute atomic E-state index is 0.298. The number of rotatable bonds is 7. The molecule has 0 saturated carbocycles. The highest BCUT2D eigenvalue weighted by atomic mass is 32.2. The molecule has 1 saturated heterocycles. The molecule has 0 aliphatic carbocycles. The molecule has 1 fully saturated rings. The number of thioether (sulfide) groups is 1. The van der Waals surface area contributed by atoms with Crippen LogP contribution >= 0.6 is 11.8 Å². The molecule has 2 atom stereocenters. The van der Waals surface area contributed by atoms with Gasteiger partial charge in [0.1, 0.15) is 5.82 Å². The van der Waals surface area contributed by atoms with E-state index >= 15 is 0 Å². The third kappa shape index (κ3) is 3.34. The maximum absolute atomic E-state index is 4.66. The number of hydrogen-bond acceptors (Lipinski definition) is 3. The summed E-state index contributed by atoms with van der Waals surface area (Å²) < 4.78 is 2.63. The van der Waals surface area contributed by atoms with E-state index in [1.807, 2.05) is 6.20 Å². The zero-order valence-corrected chi connectivity index (χ0v) is 13.3. The Morgan fingerprint density at radius 3 is 2.95 bits per heavy atom. The van der Waals surface area contributed by atoms with Crippen molar-refractivity contribution < 1.29 is 0 Å². The van der Waals surface area contributed by atoms with Crippen molar-refractivity contribution in [2.75, 3.05) is 12.3 Å². The Morgan fingerprint density at radius 1 is 1.47 bits per heavy atom. The monoisotopic (exact) mass is 281 g/mol. The van der Waals surface area contributed by atoms with E-state index in [1.54, 1.807) is 0 Å². The van der Waals surface area contributed by atoms with Crippen molar-refractivity contribution in [1.29, 1.82) is 0 Å². The highest BCUT2D eigenvalue weighted by molar-refractivity contribution is 8.00. The number of aryl methyl sites for hydroxylation is 1. The van der Waals surface area contributed by atoms with Crippen molar-refractivity contribution in [2.45, 2.75) is 63.8 Å². The molecule has 1 aliphatic rings. The van der Waals surface area contributed by atoms with E-state index in [0.717, 1.165) is 19.5 Å². The van der Waals surface area contributed by atoms with Crippen molar-refractivity contribution in [3.63, 3.8) is 0 Å². The zero-order valence-electron chi connectivity index (χ0n) is 12.5. The highest BCUT2D eigenvalue weighted by Gasteiger charge is 2.40. The van der Waals surface area contributed by atoms with Gasteiger partial charge in [-0.05, 0) is 44.9 Å². The lowest BCUT2D eigenvalue weighted by Gasteiger charge is -2.34. The molecule has 19 heavy (non-hydrogen) atoms. The molecule has 0 bridgehead atoms. The SMILES string of the molecule is CCCNC(c1nccn1CCC)C1(C)CCCS1. The summed E-state index contributed by atoms with van der Waals surface area (Å²) in [5.74, 6) is 2.52. The van der Waals surface area contributed by atoms with Gasteiger partial charge in [-0.25, -0.2) is 4.98 Å². The molecule has 4 heteroatoms. The summed E-state index contributed by atoms with van der Waals surface area (Å²) in [6, 6.07) is 0.376. The Labute approximate surface area is 121 Å². The van der Waals surface area contributed by atoms with Crippen LogP contribution in [-0.4, -0.2) is 26.6 Å². The van der Waals surface area contributed by atoms with Gasteiger partial charge in [0.25, 0.3) is 0 Å². The second-order valence-electron chi connectivity index (χ2n) is 5.63. The number of nitrogens with zero attached hydrogens (tertiary/aromatic N) is 2. The van der Waals surface area contributed by atoms with Crippen LogP contribution in [0, 0.1) is 0 Å². The first-order valence-electron chi connectivity index (χ1n) is 7.59. The summed E-state index contributed by atoms with van der Waals surface area (Å²) >= 11 is 2.11. The minimum atomic E-state index is 0.298. The Bertz CT molecular complexity index is 382. The van der Waals surface area contributed by atoms with Crippen molar-refractivity contribution in [3.05, 3.63) is 18.2 Å². The van der Waals surface area contributed by atoms with Crippen LogP contribution < -0.4 is 5.32 Å². The summed E-state index contributed by atoms with van der Waals surface area (Å²) in [5.41, 5.74) is 0. The molecule has 2 unspecified atom stereocenters. The van der Waals surface area contributed by atoms with Crippen LogP contribution in [0.3, 0.4) is 0 Å². The Morgan fingerprint density at radius 2 is 2.32 bits per heavy atom. The van der Waals surface area contributed by atoms with Crippen LogP contribution in [-0.2, 0) is 6.54 Å². The van der Waals surface area contributed by atoms with Gasteiger partial charge in [-0.15, -0.1) is 0 Å². The van der Waals surface area contributed by atoms with Crippen molar-refractivity contribution >= 4 is 11.8 Å². The first-order valence-corrected chi connectivity index (χ1v) is 8.58. The van der Waals surface area contributed by atoms with Gasteiger partial charge in [0, 0.05) is 23.7 Å². The van der Waals surface area contributed by atoms with Crippen molar-refractivity contribution in [3.8, 4) is 0 Å². The summed E-state index contributed by atoms with van der Waals surface area (Å²) in [6.45, 7) is 9.00. The number of aromatic nitrogens is 2. The fourth-order valence-electron chi connectivity index (χ4n) is 2.91. The molecule has 0 spiro atoms. The summed E-state index contributed by atoms with van der Waals surface area (Å²) in [6.07, 6.45) is 9.04. The fourth-order valence-corrected chi connectivity index (χ4v) is 4.31. The third-order valence-electron chi connectivity index (χ3n) is 3.93. The topological polar surface area (TPSA) is 29.9 Å². The zero-order chi connectivity index (χ0) is 13.7. The molecule has 0 aromatic carbocycles. The third-order valence-corrected chi connectivity index (χ3v) is 5.52. The first kappa shape index (κ1) is 14.9. The minimum Gasteiger partial charge on any atom is -0.334 e. The molecule has 1 aromatic rings. The smallest absolute Gasteiger partial charge is 0.127 e. The maximum atomic E-state index is 4.66. The number of imidazole rings is 1. The number of nitrogens with one attached hydrogen (secondary N) is 1. The fraction of sp³-hybridized carbons (Fsp3) is 0.800. The quantitative estimate of drug-likeness (QED) is 0.828. The van der Waals surface area contributed by atoms with Crippen LogP contribution in [0.4, 0.5) is 0 Å². The molecule has 1 aliphatic heterocycles. The maximum Gasteiger partial charge on any atom is 0.127 e. The van der Waals surface area contributed by atoms with Crippen LogP contribution in [0.2, 0.25) is 0 Å². The van der Waals surface area contributed by atoms with Gasteiger partial charge in [0.15, 0.2) is 0 Å². The molecule has 1 N–H and O–H groups in total. The van der Waals surface area contributed by atoms with Gasteiger partial charge in [0.05, 0.1) is 6.04 Å². The Kier molecular flexibility index (Phi) is 5.34. The van der Waals surface area contributed by atoms with Crippen LogP contribution in [0.15, 0.2) is 12.4 Å². The lowest BCUT2D eigenvalue weighted by Crippen LogP contribution is -2.39. The average Bonchev–Trinajstić information content (AvgIpc) is 3.01. The molecule has 2 heterocycles. The Balaban J connectivity index is 2.23. The molecule has 108 valence electrons. The summed E-state index contributed by atoms with van der Waals surface area (Å²) in [4.78, 5) is 4.66. The molecule has 3 nitrogen and oxygen atoms in total. The Hall–Kier alpha value is -0.480. The standard InChI is InChI=1S/C15H27N3S/c1-4-8-16-13(15(3)7-6-12-19-15)14-17-9-11-18(14)10-5-2/h9,11,13,16H,4-8,10,12H2,1-3H3. The van der Waals surface area contributed by atoms with E-state index < -0.39 is 0 Å². The lowest BCUT2D eigenvalue weighted by molar-refractivity contribution is 0.383. The van der Waals surface area contributed by atoms with Crippen LogP contribution in [0.5, 0.6) is 0 Å². The van der Waals surface area contributed by atoms with Gasteiger partial charge in [-0.1, -0.05) is 13.8 Å². The summed E-state index contributed by atoms with van der Waals surface area (Å²) in [7, 11) is 0. The molecule has 2 rings (SSSR count). The van der Waals surface area contributed by atoms with Gasteiger partial charge < -0.3 is 9.88 Å². The normalized spacial score (nSPS) is 24.8. The predicted molar refractivity (Wildman–Crippen MR) is 83.6 cm³/mol. The molecular weight excluding hydrogens is 254 g/mol. The van der Waals surface area contributed by atoms with E-state index in [4.69, 9.17) is 0 Å². The average molecular weight is 281 g/mol. The number of hydrogen-bond donors (Lipinski definition) is 1. The molecular formula is C15H27N3S. The van der Waals surface area contributed by atoms with E-state index in [9.17, 15) is 0 Å². The summed E-state index contributed by atoms with van der Waals surface area (Å²) in [5, 5.41) is 3.75. The van der Waals surface area contributed by atoms with Gasteiger partial charge in [-0.3, -0.25) is 0 Å². The van der Waals surface area contributed by atoms with E-state index in [0.29, 0.717) is 10.8 Å². The highest BCUT2D eigenvalue weighted by Crippen LogP contribution is 2.46. The lowest BCUT2D eigenvalue weighted by atomic mass is 9.95. The largest absolute Gasteiger partial charge is 0.334 e. The van der Waals surface area contributed by atoms with Gasteiger partial charge in [0.2, 0.25) is 0 Å². The van der Waals surface area contributed by atoms with E-state index in [2.05, 4.69) is 53.6 Å². The second-order valence-corrected chi connectivity index (χ2v) is 7.26. The van der Waals surface area contributed by atoms with Crippen molar-refractivity contribution in [2.24, 2.45) is 0 Å². The molecule has 0 amide bonds. The van der Waals surface area contributed by atoms with E-state index in [-0.39, 0.29) is 0 Å². The van der Waals surface area contributed by atoms with Crippen LogP contribution in [0.25, 0.3) is 0 Å². The molecule has 0 radical (unpaired) electrons. The second kappa shape index (κ2) is 6.80. The van der Waals surface area contributed by atoms with Crippen LogP contribution in [0.1, 0.15) is 58.3 Å². The van der Waals surface area contributed by atoms with E-state index in [1.165, 1.54) is 30.8 Å². The predicted octanol–water partition coefficient (Wildman–Crippen LogP) is 3.62.